The van der Waals surface area contributed by atoms with Crippen molar-refractivity contribution in [3.63, 3.8) is 0 Å². The van der Waals surface area contributed by atoms with Crippen LogP contribution in [0, 0.1) is 5.41 Å². The number of hydrogen-bond acceptors (Lipinski definition) is 2. The van der Waals surface area contributed by atoms with Gasteiger partial charge in [-0.05, 0) is 64.9 Å². The first-order valence-electron chi connectivity index (χ1n) is 8.69. The monoisotopic (exact) mass is 334 g/mol. The van der Waals surface area contributed by atoms with Gasteiger partial charge in [-0.15, -0.1) is 0 Å². The lowest BCUT2D eigenvalue weighted by Crippen LogP contribution is -2.29. The lowest BCUT2D eigenvalue weighted by atomic mass is 9.74. The van der Waals surface area contributed by atoms with Gasteiger partial charge in [-0.3, -0.25) is 0 Å². The summed E-state index contributed by atoms with van der Waals surface area (Å²) in [6, 6.07) is 0. The first kappa shape index (κ1) is 22.4. The van der Waals surface area contributed by atoms with Crippen LogP contribution in [-0.2, 0) is 0 Å². The normalized spacial score (nSPS) is 16.8. The fourth-order valence-electron chi connectivity index (χ4n) is 2.73. The SMILES string of the molecule is C=CNNCCCC(C)(C/C(C)=C/C=C(C)\C(F)=C\C)/C(C)=C\C. The molecule has 2 nitrogen and oxygen atoms in total. The third-order valence-electron chi connectivity index (χ3n) is 4.54. The molecule has 0 aromatic heterocycles. The van der Waals surface area contributed by atoms with Crippen LogP contribution in [0.15, 0.2) is 59.6 Å². The highest BCUT2D eigenvalue weighted by molar-refractivity contribution is 5.28. The summed E-state index contributed by atoms with van der Waals surface area (Å²) in [5, 5.41) is 0. The molecule has 1 atom stereocenters. The Bertz CT molecular complexity index is 512. The second kappa shape index (κ2) is 11.9. The summed E-state index contributed by atoms with van der Waals surface area (Å²) in [6.07, 6.45) is 12.4. The van der Waals surface area contributed by atoms with E-state index >= 15 is 0 Å². The Balaban J connectivity index is 4.97. The van der Waals surface area contributed by atoms with E-state index in [-0.39, 0.29) is 11.2 Å². The molecule has 0 bridgehead atoms. The molecule has 2 N–H and O–H groups in total. The van der Waals surface area contributed by atoms with Crippen LogP contribution in [0.3, 0.4) is 0 Å². The Morgan fingerprint density at radius 3 is 2.33 bits per heavy atom. The summed E-state index contributed by atoms with van der Waals surface area (Å²) in [5.41, 5.74) is 9.47. The minimum atomic E-state index is -0.160. The Morgan fingerprint density at radius 2 is 1.79 bits per heavy atom. The molecule has 0 rings (SSSR count). The zero-order chi connectivity index (χ0) is 18.6. The van der Waals surface area contributed by atoms with Crippen LogP contribution in [0.2, 0.25) is 0 Å². The van der Waals surface area contributed by atoms with Gasteiger partial charge in [0, 0.05) is 12.7 Å². The highest BCUT2D eigenvalue weighted by Gasteiger charge is 2.25. The maximum atomic E-state index is 13.5. The van der Waals surface area contributed by atoms with Crippen LogP contribution in [-0.4, -0.2) is 6.54 Å². The maximum absolute atomic E-state index is 13.5. The molecule has 0 aromatic carbocycles. The molecular formula is C21H35FN2. The fraction of sp³-hybridized carbons (Fsp3) is 0.524. The van der Waals surface area contributed by atoms with Crippen LogP contribution in [0.4, 0.5) is 4.39 Å². The molecule has 0 aliphatic carbocycles. The summed E-state index contributed by atoms with van der Waals surface area (Å²) in [4.78, 5) is 0. The van der Waals surface area contributed by atoms with E-state index in [1.54, 1.807) is 20.0 Å². The molecule has 0 aliphatic rings. The Hall–Kier alpha value is -1.61. The first-order valence-corrected chi connectivity index (χ1v) is 8.69. The highest BCUT2D eigenvalue weighted by atomic mass is 19.1. The minimum absolute atomic E-state index is 0.117. The number of hydrazine groups is 1. The van der Waals surface area contributed by atoms with Crippen LogP contribution in [0.25, 0.3) is 0 Å². The molecule has 1 unspecified atom stereocenters. The average Bonchev–Trinajstić information content (AvgIpc) is 2.57. The number of hydrogen-bond donors (Lipinski definition) is 2. The predicted molar refractivity (Wildman–Crippen MR) is 105 cm³/mol. The van der Waals surface area contributed by atoms with Crippen molar-refractivity contribution in [2.75, 3.05) is 6.54 Å². The van der Waals surface area contributed by atoms with Gasteiger partial charge in [0.1, 0.15) is 5.83 Å². The van der Waals surface area contributed by atoms with Crippen molar-refractivity contribution in [1.82, 2.24) is 10.9 Å². The average molecular weight is 335 g/mol. The lowest BCUT2D eigenvalue weighted by Gasteiger charge is -2.31. The standard InChI is InChI=1S/C21H35FN2/c1-8-19(6)21(7,14-11-15-24-23-10-3)16-17(4)12-13-18(5)20(22)9-2/h8-10,12-13,23-24H,3,11,14-16H2,1-2,4-7H3/b17-12+,18-13-,19-8-,20-9-. The summed E-state index contributed by atoms with van der Waals surface area (Å²) in [5.74, 6) is -0.160. The van der Waals surface area contributed by atoms with E-state index in [1.165, 1.54) is 17.2 Å². The van der Waals surface area contributed by atoms with Crippen molar-refractivity contribution < 1.29 is 4.39 Å². The van der Waals surface area contributed by atoms with E-state index in [0.29, 0.717) is 5.57 Å². The van der Waals surface area contributed by atoms with Gasteiger partial charge in [-0.2, -0.15) is 0 Å². The highest BCUT2D eigenvalue weighted by Crippen LogP contribution is 2.38. The molecule has 0 aliphatic heterocycles. The van der Waals surface area contributed by atoms with Gasteiger partial charge in [0.2, 0.25) is 0 Å². The largest absolute Gasteiger partial charge is 0.329 e. The van der Waals surface area contributed by atoms with Crippen LogP contribution < -0.4 is 10.9 Å². The number of allylic oxidation sites excluding steroid dienone is 8. The fourth-order valence-corrected chi connectivity index (χ4v) is 2.73. The van der Waals surface area contributed by atoms with Crippen LogP contribution >= 0.6 is 0 Å². The summed E-state index contributed by atoms with van der Waals surface area (Å²) in [7, 11) is 0. The zero-order valence-corrected chi connectivity index (χ0v) is 16.3. The summed E-state index contributed by atoms with van der Waals surface area (Å²) in [6.45, 7) is 16.7. The Morgan fingerprint density at radius 1 is 1.12 bits per heavy atom. The lowest BCUT2D eigenvalue weighted by molar-refractivity contribution is 0.343. The minimum Gasteiger partial charge on any atom is -0.329 e. The molecule has 0 radical (unpaired) electrons. The number of halogens is 1. The predicted octanol–water partition coefficient (Wildman–Crippen LogP) is 6.13. The van der Waals surface area contributed by atoms with E-state index in [9.17, 15) is 4.39 Å². The van der Waals surface area contributed by atoms with Crippen LogP contribution in [0.1, 0.15) is 60.8 Å². The molecule has 24 heavy (non-hydrogen) atoms. The van der Waals surface area contributed by atoms with Gasteiger partial charge in [0.05, 0.1) is 0 Å². The second-order valence-corrected chi connectivity index (χ2v) is 6.59. The third-order valence-corrected chi connectivity index (χ3v) is 4.54. The Labute approximate surface area is 148 Å². The maximum Gasteiger partial charge on any atom is 0.121 e. The van der Waals surface area contributed by atoms with Crippen molar-refractivity contribution in [1.29, 1.82) is 0 Å². The molecule has 0 aromatic rings. The van der Waals surface area contributed by atoms with Crippen molar-refractivity contribution >= 4 is 0 Å². The molecule has 0 fully saturated rings. The van der Waals surface area contributed by atoms with E-state index in [1.807, 2.05) is 12.2 Å². The van der Waals surface area contributed by atoms with Gasteiger partial charge >= 0.3 is 0 Å². The van der Waals surface area contributed by atoms with Gasteiger partial charge in [0.15, 0.2) is 0 Å². The molecule has 0 saturated carbocycles. The topological polar surface area (TPSA) is 24.1 Å². The quantitative estimate of drug-likeness (QED) is 0.205. The van der Waals surface area contributed by atoms with E-state index in [2.05, 4.69) is 51.2 Å². The van der Waals surface area contributed by atoms with Crippen molar-refractivity contribution in [3.8, 4) is 0 Å². The first-order chi connectivity index (χ1) is 11.3. The Kier molecular flexibility index (Phi) is 11.1. The smallest absolute Gasteiger partial charge is 0.121 e. The number of rotatable bonds is 11. The van der Waals surface area contributed by atoms with Gasteiger partial charge in [0.25, 0.3) is 0 Å². The molecule has 0 saturated heterocycles. The van der Waals surface area contributed by atoms with E-state index in [0.717, 1.165) is 25.8 Å². The van der Waals surface area contributed by atoms with Crippen molar-refractivity contribution in [3.05, 3.63) is 59.6 Å². The molecule has 0 spiro atoms. The molecule has 0 amide bonds. The van der Waals surface area contributed by atoms with Crippen molar-refractivity contribution in [2.24, 2.45) is 5.41 Å². The second-order valence-electron chi connectivity index (χ2n) is 6.59. The zero-order valence-electron chi connectivity index (χ0n) is 16.3. The summed E-state index contributed by atoms with van der Waals surface area (Å²) < 4.78 is 13.5. The van der Waals surface area contributed by atoms with Gasteiger partial charge < -0.3 is 5.43 Å². The third kappa shape index (κ3) is 8.30. The summed E-state index contributed by atoms with van der Waals surface area (Å²) >= 11 is 0. The molecule has 136 valence electrons. The molecule has 0 heterocycles. The van der Waals surface area contributed by atoms with Crippen molar-refractivity contribution in [2.45, 2.75) is 60.8 Å². The number of nitrogens with one attached hydrogen (secondary N) is 2. The van der Waals surface area contributed by atoms with Gasteiger partial charge in [-0.25, -0.2) is 9.82 Å². The molecular weight excluding hydrogens is 299 g/mol. The van der Waals surface area contributed by atoms with E-state index in [4.69, 9.17) is 0 Å². The van der Waals surface area contributed by atoms with Crippen LogP contribution in [0.5, 0.6) is 0 Å². The van der Waals surface area contributed by atoms with E-state index < -0.39 is 0 Å². The molecule has 3 heteroatoms. The van der Waals surface area contributed by atoms with Gasteiger partial charge in [-0.1, -0.05) is 49.0 Å².